The molecule has 1 amide bonds. The first-order chi connectivity index (χ1) is 12.7. The molecule has 0 radical (unpaired) electrons. The third-order valence-electron chi connectivity index (χ3n) is 3.54. The molecule has 0 aliphatic carbocycles. The van der Waals surface area contributed by atoms with Crippen molar-refractivity contribution in [3.8, 4) is 17.2 Å². The molecule has 0 saturated carbocycles. The molecule has 3 aromatic rings. The maximum absolute atomic E-state index is 12.0. The SMILES string of the molecule is O=C(CCOc1ccccc1Cl)Nc1ccc(Oc2ccccc2)cc1. The fourth-order valence-electron chi connectivity index (χ4n) is 2.27. The number of nitrogens with one attached hydrogen (secondary N) is 1. The predicted molar refractivity (Wildman–Crippen MR) is 103 cm³/mol. The number of hydrogen-bond donors (Lipinski definition) is 1. The van der Waals surface area contributed by atoms with Crippen LogP contribution >= 0.6 is 11.6 Å². The average Bonchev–Trinajstić information content (AvgIpc) is 2.66. The van der Waals surface area contributed by atoms with E-state index in [1.54, 1.807) is 24.3 Å². The zero-order valence-electron chi connectivity index (χ0n) is 14.0. The Morgan fingerprint density at radius 2 is 1.50 bits per heavy atom. The molecule has 26 heavy (non-hydrogen) atoms. The smallest absolute Gasteiger partial charge is 0.227 e. The van der Waals surface area contributed by atoms with Gasteiger partial charge in [0.15, 0.2) is 0 Å². The summed E-state index contributed by atoms with van der Waals surface area (Å²) < 4.78 is 11.2. The molecule has 3 aromatic carbocycles. The second-order valence-electron chi connectivity index (χ2n) is 5.52. The fourth-order valence-corrected chi connectivity index (χ4v) is 2.46. The molecule has 3 rings (SSSR count). The number of para-hydroxylation sites is 2. The summed E-state index contributed by atoms with van der Waals surface area (Å²) in [6.07, 6.45) is 0.230. The van der Waals surface area contributed by atoms with Crippen molar-refractivity contribution in [2.24, 2.45) is 0 Å². The van der Waals surface area contributed by atoms with Gasteiger partial charge in [0.05, 0.1) is 18.1 Å². The molecule has 0 aliphatic rings. The van der Waals surface area contributed by atoms with E-state index in [4.69, 9.17) is 21.1 Å². The van der Waals surface area contributed by atoms with E-state index in [9.17, 15) is 4.79 Å². The van der Waals surface area contributed by atoms with Crippen LogP contribution in [0.25, 0.3) is 0 Å². The monoisotopic (exact) mass is 367 g/mol. The molecule has 0 bridgehead atoms. The highest BCUT2D eigenvalue weighted by Crippen LogP contribution is 2.24. The highest BCUT2D eigenvalue weighted by atomic mass is 35.5. The van der Waals surface area contributed by atoms with E-state index >= 15 is 0 Å². The van der Waals surface area contributed by atoms with E-state index in [1.165, 1.54) is 0 Å². The topological polar surface area (TPSA) is 47.6 Å². The molecular formula is C21H18ClNO3. The lowest BCUT2D eigenvalue weighted by molar-refractivity contribution is -0.116. The van der Waals surface area contributed by atoms with E-state index in [0.29, 0.717) is 22.2 Å². The molecule has 5 heteroatoms. The number of anilines is 1. The van der Waals surface area contributed by atoms with E-state index in [1.807, 2.05) is 54.6 Å². The Hall–Kier alpha value is -2.98. The molecule has 1 N–H and O–H groups in total. The molecular weight excluding hydrogens is 350 g/mol. The van der Waals surface area contributed by atoms with Gasteiger partial charge in [0.2, 0.25) is 5.91 Å². The van der Waals surface area contributed by atoms with Crippen LogP contribution in [0.4, 0.5) is 5.69 Å². The van der Waals surface area contributed by atoms with Gasteiger partial charge in [-0.1, -0.05) is 41.9 Å². The van der Waals surface area contributed by atoms with Crippen LogP contribution in [-0.2, 0) is 4.79 Å². The van der Waals surface area contributed by atoms with Crippen LogP contribution in [-0.4, -0.2) is 12.5 Å². The van der Waals surface area contributed by atoms with E-state index < -0.39 is 0 Å². The minimum Gasteiger partial charge on any atom is -0.491 e. The van der Waals surface area contributed by atoms with Gasteiger partial charge < -0.3 is 14.8 Å². The number of carbonyl (C=O) groups excluding carboxylic acids is 1. The van der Waals surface area contributed by atoms with Gasteiger partial charge in [0, 0.05) is 5.69 Å². The summed E-state index contributed by atoms with van der Waals surface area (Å²) in [7, 11) is 0. The third-order valence-corrected chi connectivity index (χ3v) is 3.85. The van der Waals surface area contributed by atoms with Crippen LogP contribution in [0.5, 0.6) is 17.2 Å². The van der Waals surface area contributed by atoms with Gasteiger partial charge in [-0.05, 0) is 48.5 Å². The molecule has 0 saturated heterocycles. The zero-order valence-corrected chi connectivity index (χ0v) is 14.8. The molecule has 4 nitrogen and oxygen atoms in total. The maximum atomic E-state index is 12.0. The van der Waals surface area contributed by atoms with Gasteiger partial charge in [-0.15, -0.1) is 0 Å². The average molecular weight is 368 g/mol. The molecule has 0 spiro atoms. The highest BCUT2D eigenvalue weighted by Gasteiger charge is 2.05. The summed E-state index contributed by atoms with van der Waals surface area (Å²) >= 11 is 6.00. The van der Waals surface area contributed by atoms with E-state index in [0.717, 1.165) is 5.75 Å². The van der Waals surface area contributed by atoms with Gasteiger partial charge in [0.1, 0.15) is 17.2 Å². The van der Waals surface area contributed by atoms with Crippen molar-refractivity contribution in [1.82, 2.24) is 0 Å². The maximum Gasteiger partial charge on any atom is 0.227 e. The van der Waals surface area contributed by atoms with Crippen LogP contribution in [0.15, 0.2) is 78.9 Å². The Balaban J connectivity index is 1.46. The molecule has 0 aliphatic heterocycles. The number of hydrogen-bond acceptors (Lipinski definition) is 3. The number of rotatable bonds is 7. The quantitative estimate of drug-likeness (QED) is 0.596. The summed E-state index contributed by atoms with van der Waals surface area (Å²) in [6, 6.07) is 23.9. The van der Waals surface area contributed by atoms with Gasteiger partial charge >= 0.3 is 0 Å². The third kappa shape index (κ3) is 5.26. The second kappa shape index (κ2) is 8.92. The molecule has 0 heterocycles. The summed E-state index contributed by atoms with van der Waals surface area (Å²) in [6.45, 7) is 0.255. The van der Waals surface area contributed by atoms with Crippen molar-refractivity contribution < 1.29 is 14.3 Å². The zero-order chi connectivity index (χ0) is 18.2. The number of benzene rings is 3. The first kappa shape index (κ1) is 17.8. The molecule has 132 valence electrons. The van der Waals surface area contributed by atoms with Gasteiger partial charge in [-0.3, -0.25) is 4.79 Å². The molecule has 0 fully saturated rings. The Kier molecular flexibility index (Phi) is 6.12. The lowest BCUT2D eigenvalue weighted by Gasteiger charge is -2.09. The van der Waals surface area contributed by atoms with E-state index in [2.05, 4.69) is 5.32 Å². The van der Waals surface area contributed by atoms with Crippen LogP contribution in [0, 0.1) is 0 Å². The summed E-state index contributed by atoms with van der Waals surface area (Å²) in [5, 5.41) is 3.36. The number of ether oxygens (including phenoxy) is 2. The van der Waals surface area contributed by atoms with Crippen LogP contribution in [0.3, 0.4) is 0 Å². The van der Waals surface area contributed by atoms with E-state index in [-0.39, 0.29) is 18.9 Å². The van der Waals surface area contributed by atoms with Crippen molar-refractivity contribution in [3.63, 3.8) is 0 Å². The largest absolute Gasteiger partial charge is 0.491 e. The van der Waals surface area contributed by atoms with Crippen molar-refractivity contribution in [2.75, 3.05) is 11.9 Å². The second-order valence-corrected chi connectivity index (χ2v) is 5.92. The highest BCUT2D eigenvalue weighted by molar-refractivity contribution is 6.32. The van der Waals surface area contributed by atoms with Crippen LogP contribution in [0.2, 0.25) is 5.02 Å². The molecule has 0 atom stereocenters. The lowest BCUT2D eigenvalue weighted by Crippen LogP contribution is -2.15. The summed E-state index contributed by atoms with van der Waals surface area (Å²) in [5.74, 6) is 1.91. The lowest BCUT2D eigenvalue weighted by atomic mass is 10.3. The van der Waals surface area contributed by atoms with Gasteiger partial charge in [-0.25, -0.2) is 0 Å². The Morgan fingerprint density at radius 1 is 0.846 bits per heavy atom. The Bertz CT molecular complexity index is 851. The van der Waals surface area contributed by atoms with Gasteiger partial charge in [0.25, 0.3) is 0 Å². The van der Waals surface area contributed by atoms with Crippen molar-refractivity contribution in [3.05, 3.63) is 83.9 Å². The Morgan fingerprint density at radius 3 is 2.23 bits per heavy atom. The fraction of sp³-hybridized carbons (Fsp3) is 0.0952. The van der Waals surface area contributed by atoms with Crippen LogP contribution < -0.4 is 14.8 Å². The molecule has 0 unspecified atom stereocenters. The first-order valence-electron chi connectivity index (χ1n) is 8.21. The minimum atomic E-state index is -0.131. The normalized spacial score (nSPS) is 10.2. The first-order valence-corrected chi connectivity index (χ1v) is 8.59. The van der Waals surface area contributed by atoms with Crippen LogP contribution in [0.1, 0.15) is 6.42 Å². The molecule has 0 aromatic heterocycles. The standard InChI is InChI=1S/C21H18ClNO3/c22-19-8-4-5-9-20(19)25-15-14-21(24)23-16-10-12-18(13-11-16)26-17-6-2-1-3-7-17/h1-13H,14-15H2,(H,23,24). The van der Waals surface area contributed by atoms with Crippen molar-refractivity contribution in [2.45, 2.75) is 6.42 Å². The summed E-state index contributed by atoms with van der Waals surface area (Å²) in [4.78, 5) is 12.0. The predicted octanol–water partition coefficient (Wildman–Crippen LogP) is 5.54. The number of carbonyl (C=O) groups is 1. The number of amides is 1. The Labute approximate surface area is 157 Å². The number of halogens is 1. The van der Waals surface area contributed by atoms with Gasteiger partial charge in [-0.2, -0.15) is 0 Å². The van der Waals surface area contributed by atoms with Crippen molar-refractivity contribution in [1.29, 1.82) is 0 Å². The van der Waals surface area contributed by atoms with Crippen molar-refractivity contribution >= 4 is 23.2 Å². The summed E-state index contributed by atoms with van der Waals surface area (Å²) in [5.41, 5.74) is 0.702. The minimum absolute atomic E-state index is 0.131.